The molecule has 1 unspecified atom stereocenters. The molecule has 4 aliphatic rings. The Kier molecular flexibility index (Phi) is 11.3. The van der Waals surface area contributed by atoms with Crippen LogP contribution in [0.4, 0.5) is 4.79 Å². The predicted molar refractivity (Wildman–Crippen MR) is 176 cm³/mol. The van der Waals surface area contributed by atoms with Gasteiger partial charge in [-0.2, -0.15) is 0 Å². The van der Waals surface area contributed by atoms with E-state index in [0.717, 1.165) is 18.4 Å². The zero-order valence-electron chi connectivity index (χ0n) is 28.9. The molecule has 1 aliphatic heterocycles. The van der Waals surface area contributed by atoms with Crippen molar-refractivity contribution in [3.8, 4) is 0 Å². The smallest absolute Gasteiger partial charge is 0.445 e. The summed E-state index contributed by atoms with van der Waals surface area (Å²) in [5.74, 6) is 0.589. The number of ether oxygens (including phenoxy) is 1. The van der Waals surface area contributed by atoms with Gasteiger partial charge in [0, 0.05) is 0 Å². The largest absolute Gasteiger partial charge is 0.481 e. The maximum absolute atomic E-state index is 13.9. The summed E-state index contributed by atoms with van der Waals surface area (Å²) in [7, 11) is -0.549. The van der Waals surface area contributed by atoms with E-state index in [1.54, 1.807) is 0 Å². The Morgan fingerprint density at radius 3 is 2.00 bits per heavy atom. The number of benzene rings is 1. The van der Waals surface area contributed by atoms with Crippen LogP contribution >= 0.6 is 0 Å². The van der Waals surface area contributed by atoms with Crippen LogP contribution in [0.3, 0.4) is 0 Å². The Bertz CT molecular complexity index is 1180. The molecule has 4 fully saturated rings. The maximum atomic E-state index is 13.9. The van der Waals surface area contributed by atoms with E-state index in [2.05, 4.69) is 50.6 Å². The molecule has 1 heterocycles. The molecule has 3 saturated carbocycles. The van der Waals surface area contributed by atoms with Crippen molar-refractivity contribution in [2.45, 2.75) is 131 Å². The number of hydrogen-bond acceptors (Lipinski definition) is 6. The van der Waals surface area contributed by atoms with Crippen molar-refractivity contribution < 1.29 is 28.4 Å². The first kappa shape index (κ1) is 35.3. The van der Waals surface area contributed by atoms with Gasteiger partial charge in [0.25, 0.3) is 0 Å². The molecule has 1 aromatic carbocycles. The molecule has 5 rings (SSSR count). The second-order valence-electron chi connectivity index (χ2n) is 15.7. The van der Waals surface area contributed by atoms with Gasteiger partial charge in [0.2, 0.25) is 11.8 Å². The molecular weight excluding hydrogens is 569 g/mol. The Hall–Kier alpha value is -2.59. The summed E-state index contributed by atoms with van der Waals surface area (Å²) in [4.78, 5) is 40.2. The summed E-state index contributed by atoms with van der Waals surface area (Å²) >= 11 is 0. The summed E-state index contributed by atoms with van der Waals surface area (Å²) in [5.41, 5.74) is 0.701. The van der Waals surface area contributed by atoms with E-state index in [4.69, 9.17) is 14.0 Å². The molecular formula is C35H56BN3O6. The molecule has 0 radical (unpaired) electrons. The summed E-state index contributed by atoms with van der Waals surface area (Å²) < 4.78 is 18.7. The van der Waals surface area contributed by atoms with Gasteiger partial charge in [-0.25, -0.2) is 4.79 Å². The summed E-state index contributed by atoms with van der Waals surface area (Å²) in [6.07, 6.45) is 3.01. The number of amides is 3. The normalized spacial score (nSPS) is 26.9. The summed E-state index contributed by atoms with van der Waals surface area (Å²) in [6.45, 7) is 19.2. The van der Waals surface area contributed by atoms with Crippen molar-refractivity contribution in [2.24, 2.45) is 35.0 Å². The highest BCUT2D eigenvalue weighted by molar-refractivity contribution is 6.48. The van der Waals surface area contributed by atoms with Gasteiger partial charge in [0.05, 0.1) is 17.6 Å². The van der Waals surface area contributed by atoms with Crippen LogP contribution in [0.15, 0.2) is 30.3 Å². The zero-order valence-corrected chi connectivity index (χ0v) is 28.9. The van der Waals surface area contributed by atoms with Gasteiger partial charge in [-0.1, -0.05) is 85.7 Å². The van der Waals surface area contributed by atoms with E-state index in [0.29, 0.717) is 37.0 Å². The van der Waals surface area contributed by atoms with Crippen LogP contribution in [0, 0.1) is 35.0 Å². The zero-order chi connectivity index (χ0) is 33.1. The van der Waals surface area contributed by atoms with E-state index in [-0.39, 0.29) is 47.4 Å². The molecule has 3 N–H and O–H groups in total. The van der Waals surface area contributed by atoms with E-state index < -0.39 is 31.2 Å². The van der Waals surface area contributed by atoms with Gasteiger partial charge in [-0.3, -0.25) is 9.59 Å². The fourth-order valence-electron chi connectivity index (χ4n) is 7.69. The van der Waals surface area contributed by atoms with Gasteiger partial charge in [0.15, 0.2) is 0 Å². The van der Waals surface area contributed by atoms with Crippen LogP contribution in [-0.4, -0.2) is 54.8 Å². The average molecular weight is 626 g/mol. The lowest BCUT2D eigenvalue weighted by atomic mass is 9.43. The van der Waals surface area contributed by atoms with Gasteiger partial charge in [-0.05, 0) is 79.6 Å². The minimum Gasteiger partial charge on any atom is -0.445 e. The standard InChI is InChI=1S/C35H56BN3O6/c1-21(2)15-26(37-31(40)27(16-22(3)4)38-33(42)43-20-24-13-11-10-12-14-24)32(41)39-30(17-23(5)6)36-44-29-19-25-18-28(34(25,7)8)35(29,9)45-36/h10-14,21-23,25-30H,15-20H2,1-9H3,(H,37,40)(H,38,42)(H,39,41)/t25-,26-,27-,28-,29+,30?,35-/m0/s1. The highest BCUT2D eigenvalue weighted by atomic mass is 16.7. The highest BCUT2D eigenvalue weighted by Crippen LogP contribution is 2.65. The van der Waals surface area contributed by atoms with Crippen LogP contribution in [0.1, 0.15) is 100.0 Å². The molecule has 2 bridgehead atoms. The quantitative estimate of drug-likeness (QED) is 0.230. The van der Waals surface area contributed by atoms with Crippen LogP contribution < -0.4 is 16.0 Å². The van der Waals surface area contributed by atoms with E-state index >= 15 is 0 Å². The number of hydrogen-bond donors (Lipinski definition) is 3. The topological polar surface area (TPSA) is 115 Å². The van der Waals surface area contributed by atoms with Gasteiger partial charge < -0.3 is 30.0 Å². The minimum atomic E-state index is -0.846. The average Bonchev–Trinajstić information content (AvgIpc) is 3.32. The first-order valence-corrected chi connectivity index (χ1v) is 17.0. The van der Waals surface area contributed by atoms with Crippen LogP contribution in [0.2, 0.25) is 0 Å². The third-order valence-electron chi connectivity index (χ3n) is 10.2. The summed E-state index contributed by atoms with van der Waals surface area (Å²) in [6, 6.07) is 7.75. The van der Waals surface area contributed by atoms with Crippen LogP contribution in [0.5, 0.6) is 0 Å². The van der Waals surface area contributed by atoms with Crippen LogP contribution in [-0.2, 0) is 30.2 Å². The minimum absolute atomic E-state index is 0.0153. The molecule has 7 atom stereocenters. The molecule has 0 aromatic heterocycles. The van der Waals surface area contributed by atoms with Crippen molar-refractivity contribution in [3.05, 3.63) is 35.9 Å². The van der Waals surface area contributed by atoms with Crippen molar-refractivity contribution in [2.75, 3.05) is 0 Å². The SMILES string of the molecule is CC(C)CC(NC(=O)[C@H](CC(C)C)NC(=O)[C@H](CC(C)C)NC(=O)OCc1ccccc1)B1O[C@@H]2C[C@@H]3C[C@@H](C3(C)C)[C@]2(C)O1. The molecule has 0 spiro atoms. The lowest BCUT2D eigenvalue weighted by Crippen LogP contribution is -2.65. The summed E-state index contributed by atoms with van der Waals surface area (Å²) in [5, 5.41) is 8.91. The van der Waals surface area contributed by atoms with Crippen molar-refractivity contribution in [1.82, 2.24) is 16.0 Å². The van der Waals surface area contributed by atoms with Crippen molar-refractivity contribution in [3.63, 3.8) is 0 Å². The third-order valence-corrected chi connectivity index (χ3v) is 10.2. The Labute approximate surface area is 270 Å². The van der Waals surface area contributed by atoms with E-state index in [9.17, 15) is 14.4 Å². The van der Waals surface area contributed by atoms with Crippen molar-refractivity contribution in [1.29, 1.82) is 0 Å². The number of nitrogens with one attached hydrogen (secondary N) is 3. The van der Waals surface area contributed by atoms with Crippen molar-refractivity contribution >= 4 is 25.0 Å². The second kappa shape index (κ2) is 14.5. The molecule has 250 valence electrons. The molecule has 9 nitrogen and oxygen atoms in total. The first-order chi connectivity index (χ1) is 21.1. The fraction of sp³-hybridized carbons (Fsp3) is 0.743. The Morgan fingerprint density at radius 2 is 1.42 bits per heavy atom. The Morgan fingerprint density at radius 1 is 0.844 bits per heavy atom. The van der Waals surface area contributed by atoms with Gasteiger partial charge >= 0.3 is 13.2 Å². The number of rotatable bonds is 14. The third kappa shape index (κ3) is 8.42. The van der Waals surface area contributed by atoms with E-state index in [1.807, 2.05) is 58.0 Å². The molecule has 1 aromatic rings. The number of alkyl carbamates (subject to hydrolysis) is 1. The molecule has 3 amide bonds. The monoisotopic (exact) mass is 625 g/mol. The number of carbonyl (C=O) groups is 3. The van der Waals surface area contributed by atoms with Gasteiger partial charge in [-0.15, -0.1) is 0 Å². The predicted octanol–water partition coefficient (Wildman–Crippen LogP) is 5.66. The molecule has 1 saturated heterocycles. The fourth-order valence-corrected chi connectivity index (χ4v) is 7.69. The lowest BCUT2D eigenvalue weighted by molar-refractivity contribution is -0.199. The van der Waals surface area contributed by atoms with E-state index in [1.165, 1.54) is 0 Å². The molecule has 10 heteroatoms. The maximum Gasteiger partial charge on any atom is 0.481 e. The van der Waals surface area contributed by atoms with Gasteiger partial charge in [0.1, 0.15) is 18.7 Å². The second-order valence-corrected chi connectivity index (χ2v) is 15.7. The molecule has 45 heavy (non-hydrogen) atoms. The first-order valence-electron chi connectivity index (χ1n) is 17.0. The number of carbonyl (C=O) groups excluding carboxylic acids is 3. The highest BCUT2D eigenvalue weighted by Gasteiger charge is 2.68. The van der Waals surface area contributed by atoms with Crippen LogP contribution in [0.25, 0.3) is 0 Å². The lowest BCUT2D eigenvalue weighted by Gasteiger charge is -2.64. The molecule has 3 aliphatic carbocycles. The Balaban J connectivity index is 1.43.